The minimum absolute atomic E-state index is 0.0495. The van der Waals surface area contributed by atoms with Crippen LogP contribution in [0.1, 0.15) is 57.0 Å². The maximum atomic E-state index is 11.9. The fraction of sp³-hybridized carbons (Fsp3) is 0.714. The lowest BCUT2D eigenvalue weighted by atomic mass is 10.2. The van der Waals surface area contributed by atoms with Crippen LogP contribution in [0.4, 0.5) is 0 Å². The van der Waals surface area contributed by atoms with Gasteiger partial charge < -0.3 is 5.32 Å². The molecule has 0 aliphatic carbocycles. The molecule has 4 nitrogen and oxygen atoms in total. The molecule has 5 heteroatoms. The van der Waals surface area contributed by atoms with Gasteiger partial charge in [-0.05, 0) is 33.6 Å². The summed E-state index contributed by atoms with van der Waals surface area (Å²) in [6.07, 6.45) is 3.87. The van der Waals surface area contributed by atoms with Gasteiger partial charge >= 0.3 is 0 Å². The van der Waals surface area contributed by atoms with Crippen LogP contribution in [0.25, 0.3) is 0 Å². The minimum atomic E-state index is -0.210. The van der Waals surface area contributed by atoms with E-state index in [0.29, 0.717) is 0 Å². The van der Waals surface area contributed by atoms with Gasteiger partial charge in [-0.15, -0.1) is 11.3 Å². The topological polar surface area (TPSA) is 54.0 Å². The average Bonchev–Trinajstić information content (AvgIpc) is 2.87. The van der Waals surface area contributed by atoms with Gasteiger partial charge in [0.15, 0.2) is 0 Å². The molecule has 3 unspecified atom stereocenters. The van der Waals surface area contributed by atoms with Gasteiger partial charge in [0, 0.05) is 17.1 Å². The standard InChI is InChI=1S/C14H25N3OS/c1-6-9(3)16-13(18)10(4)17-11(5)14-15-8-12(7-2)19-14/h8-11,17H,6-7H2,1-5H3,(H,16,18). The van der Waals surface area contributed by atoms with E-state index in [0.717, 1.165) is 17.8 Å². The molecule has 19 heavy (non-hydrogen) atoms. The highest BCUT2D eigenvalue weighted by Crippen LogP contribution is 2.20. The molecule has 0 radical (unpaired) electrons. The summed E-state index contributed by atoms with van der Waals surface area (Å²) in [7, 11) is 0. The average molecular weight is 283 g/mol. The Morgan fingerprint density at radius 3 is 2.58 bits per heavy atom. The van der Waals surface area contributed by atoms with E-state index in [4.69, 9.17) is 0 Å². The second kappa shape index (κ2) is 7.60. The zero-order valence-corrected chi connectivity index (χ0v) is 13.3. The van der Waals surface area contributed by atoms with Crippen molar-refractivity contribution in [3.8, 4) is 0 Å². The van der Waals surface area contributed by atoms with Gasteiger partial charge in [0.1, 0.15) is 5.01 Å². The Labute approximate surface area is 120 Å². The van der Waals surface area contributed by atoms with E-state index in [-0.39, 0.29) is 24.0 Å². The SMILES string of the molecule is CCc1cnc(C(C)NC(C)C(=O)NC(C)CC)s1. The number of thiazole rings is 1. The molecule has 1 amide bonds. The number of rotatable bonds is 7. The summed E-state index contributed by atoms with van der Waals surface area (Å²) < 4.78 is 0. The van der Waals surface area contributed by atoms with E-state index in [1.807, 2.05) is 27.0 Å². The molecular weight excluding hydrogens is 258 g/mol. The van der Waals surface area contributed by atoms with Crippen LogP contribution < -0.4 is 10.6 Å². The third-order valence-corrected chi connectivity index (χ3v) is 4.51. The molecule has 1 aromatic rings. The number of hydrogen-bond acceptors (Lipinski definition) is 4. The Kier molecular flexibility index (Phi) is 6.45. The van der Waals surface area contributed by atoms with Crippen LogP contribution in [-0.2, 0) is 11.2 Å². The van der Waals surface area contributed by atoms with E-state index in [1.165, 1.54) is 4.88 Å². The van der Waals surface area contributed by atoms with Crippen molar-refractivity contribution in [3.05, 3.63) is 16.1 Å². The molecule has 3 atom stereocenters. The molecule has 0 spiro atoms. The maximum Gasteiger partial charge on any atom is 0.237 e. The summed E-state index contributed by atoms with van der Waals surface area (Å²) in [6, 6.07) is 0.111. The number of nitrogens with one attached hydrogen (secondary N) is 2. The Morgan fingerprint density at radius 1 is 1.37 bits per heavy atom. The molecule has 0 saturated heterocycles. The molecule has 0 bridgehead atoms. The van der Waals surface area contributed by atoms with Crippen molar-refractivity contribution < 1.29 is 4.79 Å². The molecule has 0 aliphatic heterocycles. The van der Waals surface area contributed by atoms with E-state index in [2.05, 4.69) is 29.5 Å². The molecule has 1 heterocycles. The Morgan fingerprint density at radius 2 is 2.05 bits per heavy atom. The van der Waals surface area contributed by atoms with Gasteiger partial charge in [-0.25, -0.2) is 4.98 Å². The number of amides is 1. The summed E-state index contributed by atoms with van der Waals surface area (Å²) in [4.78, 5) is 17.6. The number of aryl methyl sites for hydroxylation is 1. The number of hydrogen-bond donors (Lipinski definition) is 2. The van der Waals surface area contributed by atoms with Gasteiger partial charge in [-0.1, -0.05) is 13.8 Å². The van der Waals surface area contributed by atoms with Crippen LogP contribution in [0.2, 0.25) is 0 Å². The van der Waals surface area contributed by atoms with Gasteiger partial charge in [0.25, 0.3) is 0 Å². The Hall–Kier alpha value is -0.940. The van der Waals surface area contributed by atoms with Crippen LogP contribution in [-0.4, -0.2) is 23.0 Å². The number of nitrogens with zero attached hydrogens (tertiary/aromatic N) is 1. The first kappa shape index (κ1) is 16.1. The summed E-state index contributed by atoms with van der Waals surface area (Å²) in [5, 5.41) is 7.32. The number of carbonyl (C=O) groups is 1. The lowest BCUT2D eigenvalue weighted by Gasteiger charge is -2.20. The highest BCUT2D eigenvalue weighted by molar-refractivity contribution is 7.11. The zero-order valence-electron chi connectivity index (χ0n) is 12.5. The predicted octanol–water partition coefficient (Wildman–Crippen LogP) is 2.66. The summed E-state index contributed by atoms with van der Waals surface area (Å²) in [5.41, 5.74) is 0. The van der Waals surface area contributed by atoms with E-state index < -0.39 is 0 Å². The third-order valence-electron chi connectivity index (χ3n) is 3.18. The molecule has 2 N–H and O–H groups in total. The second-order valence-corrected chi connectivity index (χ2v) is 6.09. The highest BCUT2D eigenvalue weighted by Gasteiger charge is 2.18. The lowest BCUT2D eigenvalue weighted by Crippen LogP contribution is -2.45. The molecule has 0 aromatic carbocycles. The number of aromatic nitrogens is 1. The molecule has 1 aromatic heterocycles. The fourth-order valence-corrected chi connectivity index (χ4v) is 2.55. The molecule has 0 saturated carbocycles. The first-order valence-electron chi connectivity index (χ1n) is 6.98. The van der Waals surface area contributed by atoms with Crippen molar-refractivity contribution in [2.24, 2.45) is 0 Å². The van der Waals surface area contributed by atoms with Crippen molar-refractivity contribution in [1.82, 2.24) is 15.6 Å². The van der Waals surface area contributed by atoms with Crippen molar-refractivity contribution in [1.29, 1.82) is 0 Å². The fourth-order valence-electron chi connectivity index (χ4n) is 1.68. The molecule has 0 fully saturated rings. The van der Waals surface area contributed by atoms with Crippen molar-refractivity contribution in [3.63, 3.8) is 0 Å². The molecular formula is C14H25N3OS. The monoisotopic (exact) mass is 283 g/mol. The highest BCUT2D eigenvalue weighted by atomic mass is 32.1. The van der Waals surface area contributed by atoms with Crippen LogP contribution in [0.5, 0.6) is 0 Å². The Bertz CT molecular complexity index is 405. The lowest BCUT2D eigenvalue weighted by molar-refractivity contribution is -0.123. The number of carbonyl (C=O) groups excluding carboxylic acids is 1. The van der Waals surface area contributed by atoms with Gasteiger partial charge in [-0.2, -0.15) is 0 Å². The Balaban J connectivity index is 2.51. The normalized spacial score (nSPS) is 15.8. The maximum absolute atomic E-state index is 11.9. The first-order valence-corrected chi connectivity index (χ1v) is 7.80. The van der Waals surface area contributed by atoms with Crippen LogP contribution in [0.3, 0.4) is 0 Å². The van der Waals surface area contributed by atoms with Crippen LogP contribution in [0, 0.1) is 0 Å². The van der Waals surface area contributed by atoms with Gasteiger partial charge in [0.2, 0.25) is 5.91 Å². The van der Waals surface area contributed by atoms with E-state index in [9.17, 15) is 4.79 Å². The van der Waals surface area contributed by atoms with Crippen LogP contribution in [0.15, 0.2) is 6.20 Å². The molecule has 1 rings (SSSR count). The smallest absolute Gasteiger partial charge is 0.237 e. The van der Waals surface area contributed by atoms with Crippen molar-refractivity contribution >= 4 is 17.2 Å². The van der Waals surface area contributed by atoms with Gasteiger partial charge in [0.05, 0.1) is 12.1 Å². The molecule has 0 aliphatic rings. The predicted molar refractivity (Wildman–Crippen MR) is 80.4 cm³/mol. The quantitative estimate of drug-likeness (QED) is 0.809. The zero-order chi connectivity index (χ0) is 14.4. The van der Waals surface area contributed by atoms with Gasteiger partial charge in [-0.3, -0.25) is 10.1 Å². The largest absolute Gasteiger partial charge is 0.352 e. The van der Waals surface area contributed by atoms with Crippen molar-refractivity contribution in [2.75, 3.05) is 0 Å². The van der Waals surface area contributed by atoms with E-state index in [1.54, 1.807) is 11.3 Å². The summed E-state index contributed by atoms with van der Waals surface area (Å²) in [5.74, 6) is 0.0495. The second-order valence-electron chi connectivity index (χ2n) is 4.95. The first-order chi connectivity index (χ1) is 8.97. The molecule has 108 valence electrons. The summed E-state index contributed by atoms with van der Waals surface area (Å²) >= 11 is 1.71. The van der Waals surface area contributed by atoms with E-state index >= 15 is 0 Å². The third kappa shape index (κ3) is 4.91. The summed E-state index contributed by atoms with van der Waals surface area (Å²) in [6.45, 7) is 10.1. The van der Waals surface area contributed by atoms with Crippen LogP contribution >= 0.6 is 11.3 Å². The minimum Gasteiger partial charge on any atom is -0.352 e. The van der Waals surface area contributed by atoms with Crippen molar-refractivity contribution in [2.45, 2.75) is 65.6 Å².